The molecule has 7 heteroatoms. The summed E-state index contributed by atoms with van der Waals surface area (Å²) in [7, 11) is 0. The molecule has 0 aliphatic carbocycles. The number of carboxylic acids is 1. The quantitative estimate of drug-likeness (QED) is 0.892. The smallest absolute Gasteiger partial charge is 0.356 e. The summed E-state index contributed by atoms with van der Waals surface area (Å²) in [6.45, 7) is 1.27. The second kappa shape index (κ2) is 5.05. The van der Waals surface area contributed by atoms with Crippen LogP contribution in [0.3, 0.4) is 0 Å². The van der Waals surface area contributed by atoms with E-state index < -0.39 is 23.3 Å². The maximum absolute atomic E-state index is 14.0. The Morgan fingerprint density at radius 3 is 2.65 bits per heavy atom. The van der Waals surface area contributed by atoms with Crippen molar-refractivity contribution in [1.82, 2.24) is 4.98 Å². The third-order valence-corrected chi connectivity index (χ3v) is 3.18. The number of aromatic carboxylic acids is 1. The van der Waals surface area contributed by atoms with Crippen molar-refractivity contribution in [3.8, 4) is 11.3 Å². The van der Waals surface area contributed by atoms with Crippen molar-refractivity contribution in [2.24, 2.45) is 0 Å². The molecule has 20 heavy (non-hydrogen) atoms. The molecule has 3 N–H and O–H groups in total. The summed E-state index contributed by atoms with van der Waals surface area (Å²) in [6.07, 6.45) is 0. The molecule has 1 heterocycles. The van der Waals surface area contributed by atoms with Gasteiger partial charge in [-0.1, -0.05) is 11.6 Å². The molecule has 4 nitrogen and oxygen atoms in total. The maximum atomic E-state index is 14.0. The first-order chi connectivity index (χ1) is 9.32. The number of anilines is 1. The van der Waals surface area contributed by atoms with Crippen LogP contribution < -0.4 is 5.73 Å². The Labute approximate surface area is 117 Å². The van der Waals surface area contributed by atoms with Gasteiger partial charge < -0.3 is 10.8 Å². The molecule has 104 valence electrons. The van der Waals surface area contributed by atoms with Gasteiger partial charge in [-0.2, -0.15) is 0 Å². The number of benzene rings is 1. The first kappa shape index (κ1) is 14.2. The first-order valence-electron chi connectivity index (χ1n) is 5.47. The van der Waals surface area contributed by atoms with Crippen LogP contribution in [0.2, 0.25) is 5.02 Å². The molecule has 0 bridgehead atoms. The zero-order chi connectivity index (χ0) is 15.0. The minimum Gasteiger partial charge on any atom is -0.476 e. The topological polar surface area (TPSA) is 76.2 Å². The van der Waals surface area contributed by atoms with Gasteiger partial charge in [-0.3, -0.25) is 0 Å². The average Bonchev–Trinajstić information content (AvgIpc) is 2.39. The molecular formula is C13H9ClF2N2O2. The number of aromatic nitrogens is 1. The van der Waals surface area contributed by atoms with Crippen LogP contribution in [0.4, 0.5) is 14.5 Å². The molecule has 0 saturated carbocycles. The van der Waals surface area contributed by atoms with Crippen molar-refractivity contribution in [3.63, 3.8) is 0 Å². The Morgan fingerprint density at radius 2 is 2.05 bits per heavy atom. The van der Waals surface area contributed by atoms with Gasteiger partial charge in [0.1, 0.15) is 11.6 Å². The number of rotatable bonds is 2. The van der Waals surface area contributed by atoms with Gasteiger partial charge in [0, 0.05) is 11.1 Å². The van der Waals surface area contributed by atoms with Crippen molar-refractivity contribution >= 4 is 23.3 Å². The molecule has 0 amide bonds. The second-order valence-electron chi connectivity index (χ2n) is 4.10. The molecule has 0 atom stereocenters. The van der Waals surface area contributed by atoms with Gasteiger partial charge in [-0.25, -0.2) is 18.6 Å². The normalized spacial score (nSPS) is 10.6. The molecule has 0 aliphatic rings. The zero-order valence-electron chi connectivity index (χ0n) is 10.2. The minimum absolute atomic E-state index is 0.0232. The molecule has 0 radical (unpaired) electrons. The van der Waals surface area contributed by atoms with Crippen LogP contribution in [0.5, 0.6) is 0 Å². The molecule has 1 aromatic carbocycles. The third kappa shape index (κ3) is 2.30. The molecule has 0 saturated heterocycles. The monoisotopic (exact) mass is 298 g/mol. The Bertz CT molecular complexity index is 720. The number of nitrogens with zero attached hydrogens (tertiary/aromatic N) is 1. The summed E-state index contributed by atoms with van der Waals surface area (Å²) in [5, 5.41) is 8.75. The van der Waals surface area contributed by atoms with E-state index in [1.54, 1.807) is 0 Å². The first-order valence-corrected chi connectivity index (χ1v) is 5.85. The summed E-state index contributed by atoms with van der Waals surface area (Å²) in [4.78, 5) is 14.8. The molecule has 1 aromatic heterocycles. The fraction of sp³-hybridized carbons (Fsp3) is 0.0769. The van der Waals surface area contributed by atoms with Crippen molar-refractivity contribution in [2.75, 3.05) is 5.73 Å². The Morgan fingerprint density at radius 1 is 1.40 bits per heavy atom. The zero-order valence-corrected chi connectivity index (χ0v) is 11.0. The molecule has 0 spiro atoms. The van der Waals surface area contributed by atoms with Gasteiger partial charge in [-0.15, -0.1) is 0 Å². The minimum atomic E-state index is -1.39. The molecule has 2 aromatic rings. The highest BCUT2D eigenvalue weighted by Crippen LogP contribution is 2.30. The molecule has 0 aliphatic heterocycles. The fourth-order valence-electron chi connectivity index (χ4n) is 1.69. The standard InChI is InChI=1S/C13H9ClF2N2O2/c1-5-7(15)3-2-6(11(5)16)9-4-8(17)10(14)12(18-9)13(19)20/h2-4H,1H3,(H2,17,18)(H,19,20). The Hall–Kier alpha value is -2.21. The Balaban J connectivity index is 2.71. The largest absolute Gasteiger partial charge is 0.476 e. The maximum Gasteiger partial charge on any atom is 0.356 e. The van der Waals surface area contributed by atoms with Crippen LogP contribution in [0, 0.1) is 18.6 Å². The van der Waals surface area contributed by atoms with Gasteiger partial charge in [0.2, 0.25) is 0 Å². The van der Waals surface area contributed by atoms with Crippen LogP contribution >= 0.6 is 11.6 Å². The van der Waals surface area contributed by atoms with E-state index in [0.717, 1.165) is 6.07 Å². The van der Waals surface area contributed by atoms with Gasteiger partial charge in [0.25, 0.3) is 0 Å². The van der Waals surface area contributed by atoms with Gasteiger partial charge in [0.05, 0.1) is 16.4 Å². The van der Waals surface area contributed by atoms with Crippen LogP contribution in [-0.4, -0.2) is 16.1 Å². The summed E-state index contributed by atoms with van der Waals surface area (Å²) in [5.74, 6) is -2.91. The van der Waals surface area contributed by atoms with E-state index in [4.69, 9.17) is 22.4 Å². The highest BCUT2D eigenvalue weighted by atomic mass is 35.5. The van der Waals surface area contributed by atoms with Crippen molar-refractivity contribution in [3.05, 3.63) is 46.1 Å². The highest BCUT2D eigenvalue weighted by Gasteiger charge is 2.19. The predicted molar refractivity (Wildman–Crippen MR) is 70.7 cm³/mol. The number of halogens is 3. The lowest BCUT2D eigenvalue weighted by Gasteiger charge is -2.09. The summed E-state index contributed by atoms with van der Waals surface area (Å²) in [5.41, 5.74) is 4.80. The predicted octanol–water partition coefficient (Wildman–Crippen LogP) is 3.27. The summed E-state index contributed by atoms with van der Waals surface area (Å²) < 4.78 is 27.2. The van der Waals surface area contributed by atoms with Gasteiger partial charge in [-0.05, 0) is 25.1 Å². The molecular weight excluding hydrogens is 290 g/mol. The third-order valence-electron chi connectivity index (χ3n) is 2.78. The Kier molecular flexibility index (Phi) is 3.59. The van der Waals surface area contributed by atoms with E-state index in [1.165, 1.54) is 19.1 Å². The number of carboxylic acid groups (broad SMARTS) is 1. The van der Waals surface area contributed by atoms with Crippen LogP contribution in [0.15, 0.2) is 18.2 Å². The number of nitrogens with two attached hydrogens (primary N) is 1. The molecule has 2 rings (SSSR count). The van der Waals surface area contributed by atoms with Gasteiger partial charge in [0.15, 0.2) is 5.69 Å². The number of pyridine rings is 1. The highest BCUT2D eigenvalue weighted by molar-refractivity contribution is 6.35. The van der Waals surface area contributed by atoms with E-state index >= 15 is 0 Å². The summed E-state index contributed by atoms with van der Waals surface area (Å²) in [6, 6.07) is 3.48. The SMILES string of the molecule is Cc1c(F)ccc(-c2cc(N)c(Cl)c(C(=O)O)n2)c1F. The van der Waals surface area contributed by atoms with E-state index in [9.17, 15) is 13.6 Å². The van der Waals surface area contributed by atoms with Crippen molar-refractivity contribution < 1.29 is 18.7 Å². The number of carbonyl (C=O) groups is 1. The number of hydrogen-bond acceptors (Lipinski definition) is 3. The van der Waals surface area contributed by atoms with Crippen LogP contribution in [-0.2, 0) is 0 Å². The van der Waals surface area contributed by atoms with Crippen molar-refractivity contribution in [2.45, 2.75) is 6.92 Å². The lowest BCUT2D eigenvalue weighted by Crippen LogP contribution is -2.06. The van der Waals surface area contributed by atoms with Gasteiger partial charge >= 0.3 is 5.97 Å². The lowest BCUT2D eigenvalue weighted by molar-refractivity contribution is 0.0691. The number of hydrogen-bond donors (Lipinski definition) is 2. The van der Waals surface area contributed by atoms with E-state index in [-0.39, 0.29) is 27.5 Å². The average molecular weight is 299 g/mol. The van der Waals surface area contributed by atoms with Crippen LogP contribution in [0.1, 0.15) is 16.1 Å². The van der Waals surface area contributed by atoms with E-state index in [1.807, 2.05) is 0 Å². The lowest BCUT2D eigenvalue weighted by atomic mass is 10.1. The van der Waals surface area contributed by atoms with E-state index in [0.29, 0.717) is 0 Å². The number of nitrogen functional groups attached to an aromatic ring is 1. The van der Waals surface area contributed by atoms with Crippen molar-refractivity contribution in [1.29, 1.82) is 0 Å². The molecule has 0 fully saturated rings. The summed E-state index contributed by atoms with van der Waals surface area (Å²) >= 11 is 5.72. The fourth-order valence-corrected chi connectivity index (χ4v) is 1.87. The van der Waals surface area contributed by atoms with Crippen LogP contribution in [0.25, 0.3) is 11.3 Å². The van der Waals surface area contributed by atoms with E-state index in [2.05, 4.69) is 4.98 Å². The molecule has 0 unspecified atom stereocenters. The second-order valence-corrected chi connectivity index (χ2v) is 4.48.